The van der Waals surface area contributed by atoms with E-state index in [0.717, 1.165) is 11.1 Å². The normalized spacial score (nSPS) is 17.4. The maximum atomic E-state index is 16.2. The molecule has 1 saturated heterocycles. The molecule has 0 spiro atoms. The number of piperazine rings is 1. The fourth-order valence-electron chi connectivity index (χ4n) is 4.97. The number of aromatic nitrogens is 4. The molecule has 1 N–H and O–H groups in total. The molecule has 0 unspecified atom stereocenters. The molecule has 6 rings (SSSR count). The van der Waals surface area contributed by atoms with Crippen molar-refractivity contribution in [1.82, 2.24) is 24.8 Å². The molecule has 34 heavy (non-hydrogen) atoms. The summed E-state index contributed by atoms with van der Waals surface area (Å²) >= 11 is 6.89. The molecule has 172 valence electrons. The largest absolute Gasteiger partial charge is 0.489 e. The van der Waals surface area contributed by atoms with Crippen molar-refractivity contribution in [2.45, 2.75) is 13.0 Å². The zero-order valence-electron chi connectivity index (χ0n) is 18.3. The lowest BCUT2D eigenvalue weighted by Gasteiger charge is -2.40. The van der Waals surface area contributed by atoms with Gasteiger partial charge in [0.25, 0.3) is 0 Å². The van der Waals surface area contributed by atoms with Crippen molar-refractivity contribution in [3.63, 3.8) is 0 Å². The standard InChI is InChI=1S/C24H20ClFN6O2/c1-3-15(33)31-6-7-32-13(8-31)9-34-23-18-22(29-11-30-24(18)32)20(26)17(19(23)25)16-12(2)4-5-14-21(16)28-10-27-14/h3-5,10-11,13H,1,6-9H2,2H3,(H,27,28)/t13-/m0/s1. The Bertz CT molecular complexity index is 1500. The SMILES string of the molecule is C=CC(=O)N1CCN2c3ncnc4c(F)c(-c5c(C)ccc6[nH]cnc56)c(Cl)c(c34)OC[C@@H]2C1. The Kier molecular flexibility index (Phi) is 4.70. The summed E-state index contributed by atoms with van der Waals surface area (Å²) in [4.78, 5) is 32.2. The number of amides is 1. The van der Waals surface area contributed by atoms with Crippen LogP contribution < -0.4 is 9.64 Å². The number of hydrogen-bond acceptors (Lipinski definition) is 6. The van der Waals surface area contributed by atoms with E-state index < -0.39 is 5.82 Å². The van der Waals surface area contributed by atoms with Gasteiger partial charge in [-0.3, -0.25) is 4.79 Å². The molecule has 8 nitrogen and oxygen atoms in total. The zero-order chi connectivity index (χ0) is 23.6. The predicted octanol–water partition coefficient (Wildman–Crippen LogP) is 3.87. The van der Waals surface area contributed by atoms with Gasteiger partial charge in [0.15, 0.2) is 11.6 Å². The van der Waals surface area contributed by atoms with Gasteiger partial charge in [0.05, 0.1) is 33.8 Å². The van der Waals surface area contributed by atoms with Crippen LogP contribution in [0.2, 0.25) is 5.02 Å². The highest BCUT2D eigenvalue weighted by molar-refractivity contribution is 6.37. The number of hydrogen-bond donors (Lipinski definition) is 1. The third kappa shape index (κ3) is 2.89. The second-order valence-electron chi connectivity index (χ2n) is 8.46. The van der Waals surface area contributed by atoms with Crippen LogP contribution in [0.15, 0.2) is 37.4 Å². The third-order valence-corrected chi connectivity index (χ3v) is 6.97. The molecule has 2 aliphatic heterocycles. The quantitative estimate of drug-likeness (QED) is 0.440. The molecule has 4 heterocycles. The highest BCUT2D eigenvalue weighted by Crippen LogP contribution is 2.49. The summed E-state index contributed by atoms with van der Waals surface area (Å²) in [6.45, 7) is 7.17. The summed E-state index contributed by atoms with van der Waals surface area (Å²) in [5.74, 6) is 0.207. The number of carbonyl (C=O) groups excluding carboxylic acids is 1. The fourth-order valence-corrected chi connectivity index (χ4v) is 5.30. The zero-order valence-corrected chi connectivity index (χ0v) is 19.1. The second-order valence-corrected chi connectivity index (χ2v) is 8.83. The highest BCUT2D eigenvalue weighted by Gasteiger charge is 2.36. The van der Waals surface area contributed by atoms with Crippen LogP contribution in [0.5, 0.6) is 5.75 Å². The molecule has 1 fully saturated rings. The van der Waals surface area contributed by atoms with Crippen molar-refractivity contribution < 1.29 is 13.9 Å². The van der Waals surface area contributed by atoms with Crippen LogP contribution in [0.1, 0.15) is 5.56 Å². The molecule has 2 aliphatic rings. The Balaban J connectivity index is 1.58. The number of aromatic amines is 1. The van der Waals surface area contributed by atoms with E-state index in [1.54, 1.807) is 11.2 Å². The molecular formula is C24H20ClFN6O2. The van der Waals surface area contributed by atoms with Gasteiger partial charge in [-0.1, -0.05) is 24.2 Å². The van der Waals surface area contributed by atoms with E-state index in [1.807, 2.05) is 24.0 Å². The van der Waals surface area contributed by atoms with Crippen LogP contribution in [0.4, 0.5) is 10.2 Å². The summed E-state index contributed by atoms with van der Waals surface area (Å²) in [5.41, 5.74) is 3.14. The number of carbonyl (C=O) groups is 1. The van der Waals surface area contributed by atoms with Crippen LogP contribution >= 0.6 is 11.6 Å². The Morgan fingerprint density at radius 2 is 2.12 bits per heavy atom. The molecule has 10 heteroatoms. The maximum Gasteiger partial charge on any atom is 0.246 e. The molecule has 0 radical (unpaired) electrons. The summed E-state index contributed by atoms with van der Waals surface area (Å²) < 4.78 is 22.4. The minimum absolute atomic E-state index is 0.136. The number of ether oxygens (including phenoxy) is 1. The molecular weight excluding hydrogens is 459 g/mol. The molecule has 2 aromatic heterocycles. The number of nitrogens with one attached hydrogen (secondary N) is 1. The summed E-state index contributed by atoms with van der Waals surface area (Å²) in [6.07, 6.45) is 4.23. The first-order valence-electron chi connectivity index (χ1n) is 10.9. The Morgan fingerprint density at radius 1 is 1.26 bits per heavy atom. The molecule has 1 amide bonds. The number of benzene rings is 2. The summed E-state index contributed by atoms with van der Waals surface area (Å²) in [7, 11) is 0. The van der Waals surface area contributed by atoms with Crippen molar-refractivity contribution >= 4 is 45.3 Å². The first-order valence-corrected chi connectivity index (χ1v) is 11.3. The van der Waals surface area contributed by atoms with Crippen LogP contribution in [-0.4, -0.2) is 63.0 Å². The Hall–Kier alpha value is -3.72. The topological polar surface area (TPSA) is 87.2 Å². The van der Waals surface area contributed by atoms with E-state index in [-0.39, 0.29) is 34.7 Å². The number of H-pyrrole nitrogens is 1. The van der Waals surface area contributed by atoms with Crippen LogP contribution in [-0.2, 0) is 4.79 Å². The van der Waals surface area contributed by atoms with Gasteiger partial charge in [-0.15, -0.1) is 0 Å². The van der Waals surface area contributed by atoms with E-state index in [1.165, 1.54) is 12.4 Å². The van der Waals surface area contributed by atoms with E-state index >= 15 is 4.39 Å². The Labute approximate surface area is 199 Å². The summed E-state index contributed by atoms with van der Waals surface area (Å²) in [5, 5.41) is 0.588. The van der Waals surface area contributed by atoms with E-state index in [4.69, 9.17) is 16.3 Å². The van der Waals surface area contributed by atoms with Gasteiger partial charge in [-0.05, 0) is 24.6 Å². The lowest BCUT2D eigenvalue weighted by Crippen LogP contribution is -2.56. The minimum Gasteiger partial charge on any atom is -0.489 e. The first-order chi connectivity index (χ1) is 16.5. The van der Waals surface area contributed by atoms with Gasteiger partial charge in [0.1, 0.15) is 24.3 Å². The van der Waals surface area contributed by atoms with E-state index in [2.05, 4.69) is 26.5 Å². The number of nitrogens with zero attached hydrogens (tertiary/aromatic N) is 5. The van der Waals surface area contributed by atoms with Crippen molar-refractivity contribution in [3.05, 3.63) is 53.8 Å². The molecule has 0 aliphatic carbocycles. The molecule has 4 aromatic rings. The van der Waals surface area contributed by atoms with Gasteiger partial charge >= 0.3 is 0 Å². The van der Waals surface area contributed by atoms with Gasteiger partial charge in [0.2, 0.25) is 5.91 Å². The van der Waals surface area contributed by atoms with Crippen molar-refractivity contribution in [2.75, 3.05) is 31.1 Å². The van der Waals surface area contributed by atoms with Gasteiger partial charge in [0, 0.05) is 30.8 Å². The molecule has 0 saturated carbocycles. The second kappa shape index (κ2) is 7.66. The summed E-state index contributed by atoms with van der Waals surface area (Å²) in [6, 6.07) is 3.61. The number of halogens is 2. The van der Waals surface area contributed by atoms with Crippen LogP contribution in [0.3, 0.4) is 0 Å². The average molecular weight is 479 g/mol. The van der Waals surface area contributed by atoms with Gasteiger partial charge in [-0.25, -0.2) is 19.3 Å². The van der Waals surface area contributed by atoms with Gasteiger partial charge < -0.3 is 19.5 Å². The number of rotatable bonds is 2. The lowest BCUT2D eigenvalue weighted by atomic mass is 9.96. The number of fused-ring (bicyclic) bond motifs is 3. The first kappa shape index (κ1) is 20.9. The smallest absolute Gasteiger partial charge is 0.246 e. The predicted molar refractivity (Wildman–Crippen MR) is 128 cm³/mol. The van der Waals surface area contributed by atoms with Crippen LogP contribution in [0.25, 0.3) is 33.1 Å². The monoisotopic (exact) mass is 478 g/mol. The average Bonchev–Trinajstić information content (AvgIpc) is 3.26. The lowest BCUT2D eigenvalue weighted by molar-refractivity contribution is -0.126. The number of aryl methyl sites for hydroxylation is 1. The molecule has 1 atom stereocenters. The minimum atomic E-state index is -0.548. The highest BCUT2D eigenvalue weighted by atomic mass is 35.5. The third-order valence-electron chi connectivity index (χ3n) is 6.61. The molecule has 0 bridgehead atoms. The van der Waals surface area contributed by atoms with E-state index in [9.17, 15) is 4.79 Å². The van der Waals surface area contributed by atoms with Crippen molar-refractivity contribution in [3.8, 4) is 16.9 Å². The number of imidazole rings is 1. The maximum absolute atomic E-state index is 16.2. The Morgan fingerprint density at radius 3 is 2.94 bits per heavy atom. The van der Waals surface area contributed by atoms with Crippen molar-refractivity contribution in [1.29, 1.82) is 0 Å². The van der Waals surface area contributed by atoms with E-state index in [0.29, 0.717) is 47.7 Å². The van der Waals surface area contributed by atoms with Crippen molar-refractivity contribution in [2.24, 2.45) is 0 Å². The molecule has 2 aromatic carbocycles. The fraction of sp³-hybridized carbons (Fsp3) is 0.250. The number of anilines is 1. The van der Waals surface area contributed by atoms with Gasteiger partial charge in [-0.2, -0.15) is 0 Å². The van der Waals surface area contributed by atoms with Crippen LogP contribution in [0, 0.1) is 12.7 Å².